The second kappa shape index (κ2) is 9.82. The Balaban J connectivity index is 1.61. The van der Waals surface area contributed by atoms with Crippen molar-refractivity contribution in [2.45, 2.75) is 11.8 Å². The van der Waals surface area contributed by atoms with Crippen LogP contribution in [0.3, 0.4) is 0 Å². The molecule has 160 valence electrons. The number of benzene rings is 2. The molecule has 0 unspecified atom stereocenters. The number of sulfonamides is 1. The summed E-state index contributed by atoms with van der Waals surface area (Å²) in [6.45, 7) is 1.99. The van der Waals surface area contributed by atoms with Crippen LogP contribution in [0.15, 0.2) is 71.1 Å². The second-order valence-electron chi connectivity index (χ2n) is 6.53. The summed E-state index contributed by atoms with van der Waals surface area (Å²) in [7, 11) is -2.05. The monoisotopic (exact) mass is 472 g/mol. The van der Waals surface area contributed by atoms with Crippen LogP contribution < -0.4 is 14.9 Å². The average molecular weight is 473 g/mol. The van der Waals surface area contributed by atoms with Gasteiger partial charge in [0.05, 0.1) is 4.90 Å². The Morgan fingerprint density at radius 1 is 1.13 bits per heavy atom. The highest BCUT2D eigenvalue weighted by Crippen LogP contribution is 2.21. The van der Waals surface area contributed by atoms with Gasteiger partial charge in [-0.15, -0.1) is 11.3 Å². The number of carbonyl (C=O) groups excluding carboxylic acids is 1. The van der Waals surface area contributed by atoms with Crippen LogP contribution in [0.2, 0.25) is 0 Å². The SMILES string of the molecule is Cc1ccc(/C=C/C(=O)NC(=S)N(C)c2ccc(S(=O)(=O)Nc3nccs3)cc2)cc1. The van der Waals surface area contributed by atoms with Crippen molar-refractivity contribution in [2.75, 3.05) is 16.7 Å². The molecule has 0 saturated heterocycles. The van der Waals surface area contributed by atoms with Crippen LogP contribution in [0.5, 0.6) is 0 Å². The highest BCUT2D eigenvalue weighted by Gasteiger charge is 2.16. The maximum atomic E-state index is 12.4. The number of carbonyl (C=O) groups is 1. The van der Waals surface area contributed by atoms with E-state index in [0.29, 0.717) is 10.8 Å². The molecular weight excluding hydrogens is 452 g/mol. The van der Waals surface area contributed by atoms with Gasteiger partial charge >= 0.3 is 0 Å². The van der Waals surface area contributed by atoms with E-state index in [9.17, 15) is 13.2 Å². The third kappa shape index (κ3) is 6.20. The molecule has 0 aliphatic carbocycles. The molecule has 0 aliphatic rings. The molecule has 7 nitrogen and oxygen atoms in total. The lowest BCUT2D eigenvalue weighted by Crippen LogP contribution is -2.39. The molecule has 10 heteroatoms. The van der Waals surface area contributed by atoms with E-state index >= 15 is 0 Å². The fraction of sp³-hybridized carbons (Fsp3) is 0.0952. The predicted octanol–water partition coefficient (Wildman–Crippen LogP) is 3.80. The van der Waals surface area contributed by atoms with Crippen molar-refractivity contribution in [3.8, 4) is 0 Å². The maximum Gasteiger partial charge on any atom is 0.263 e. The van der Waals surface area contributed by atoms with E-state index in [1.54, 1.807) is 35.5 Å². The van der Waals surface area contributed by atoms with Crippen molar-refractivity contribution in [2.24, 2.45) is 0 Å². The van der Waals surface area contributed by atoms with Gasteiger partial charge in [0.2, 0.25) is 5.91 Å². The zero-order chi connectivity index (χ0) is 22.4. The summed E-state index contributed by atoms with van der Waals surface area (Å²) in [5, 5.41) is 4.80. The molecule has 3 aromatic rings. The van der Waals surface area contributed by atoms with Crippen LogP contribution in [0.1, 0.15) is 11.1 Å². The number of thiazole rings is 1. The molecule has 31 heavy (non-hydrogen) atoms. The molecule has 1 amide bonds. The molecule has 1 heterocycles. The van der Waals surface area contributed by atoms with Crippen molar-refractivity contribution in [1.29, 1.82) is 0 Å². The van der Waals surface area contributed by atoms with E-state index in [1.165, 1.54) is 35.7 Å². The summed E-state index contributed by atoms with van der Waals surface area (Å²) in [6.07, 6.45) is 4.63. The van der Waals surface area contributed by atoms with E-state index in [-0.39, 0.29) is 15.9 Å². The Morgan fingerprint density at radius 3 is 2.42 bits per heavy atom. The Morgan fingerprint density at radius 2 is 1.81 bits per heavy atom. The van der Waals surface area contributed by atoms with Crippen LogP contribution in [-0.2, 0) is 14.8 Å². The molecule has 1 aromatic heterocycles. The highest BCUT2D eigenvalue weighted by atomic mass is 32.2. The fourth-order valence-corrected chi connectivity index (χ4v) is 4.49. The Bertz CT molecular complexity index is 1190. The van der Waals surface area contributed by atoms with Gasteiger partial charge in [0, 0.05) is 30.4 Å². The molecule has 3 rings (SSSR count). The van der Waals surface area contributed by atoms with E-state index in [1.807, 2.05) is 31.2 Å². The van der Waals surface area contributed by atoms with Gasteiger partial charge < -0.3 is 4.90 Å². The number of aromatic nitrogens is 1. The molecule has 0 saturated carbocycles. The first-order chi connectivity index (χ1) is 14.7. The minimum absolute atomic E-state index is 0.0934. The minimum Gasteiger partial charge on any atom is -0.322 e. The number of aryl methyl sites for hydroxylation is 1. The van der Waals surface area contributed by atoms with Crippen molar-refractivity contribution < 1.29 is 13.2 Å². The number of nitrogens with one attached hydrogen (secondary N) is 2. The second-order valence-corrected chi connectivity index (χ2v) is 9.50. The van der Waals surface area contributed by atoms with Crippen LogP contribution in [0.25, 0.3) is 6.08 Å². The first-order valence-corrected chi connectivity index (χ1v) is 11.9. The number of hydrogen-bond donors (Lipinski definition) is 2. The number of rotatable bonds is 6. The Kier molecular flexibility index (Phi) is 7.16. The number of hydrogen-bond acceptors (Lipinski definition) is 6. The molecule has 0 spiro atoms. The fourth-order valence-electron chi connectivity index (χ4n) is 2.49. The quantitative estimate of drug-likeness (QED) is 0.419. The first kappa shape index (κ1) is 22.6. The molecule has 0 radical (unpaired) electrons. The summed E-state index contributed by atoms with van der Waals surface area (Å²) in [4.78, 5) is 17.8. The Hall–Kier alpha value is -3.08. The highest BCUT2D eigenvalue weighted by molar-refractivity contribution is 7.93. The van der Waals surface area contributed by atoms with E-state index in [4.69, 9.17) is 12.2 Å². The van der Waals surface area contributed by atoms with Gasteiger partial charge in [-0.3, -0.25) is 14.8 Å². The van der Waals surface area contributed by atoms with Gasteiger partial charge in [-0.2, -0.15) is 0 Å². The summed E-state index contributed by atoms with van der Waals surface area (Å²) >= 11 is 6.48. The van der Waals surface area contributed by atoms with Crippen LogP contribution in [-0.4, -0.2) is 31.5 Å². The summed E-state index contributed by atoms with van der Waals surface area (Å²) < 4.78 is 27.3. The molecule has 0 bridgehead atoms. The topological polar surface area (TPSA) is 91.4 Å². The molecule has 0 atom stereocenters. The number of amides is 1. The zero-order valence-electron chi connectivity index (χ0n) is 16.8. The Labute approximate surface area is 190 Å². The lowest BCUT2D eigenvalue weighted by Gasteiger charge is -2.20. The minimum atomic E-state index is -3.73. The molecule has 0 aliphatic heterocycles. The molecule has 2 aromatic carbocycles. The zero-order valence-corrected chi connectivity index (χ0v) is 19.2. The summed E-state index contributed by atoms with van der Waals surface area (Å²) in [6, 6.07) is 13.9. The van der Waals surface area contributed by atoms with Gasteiger partial charge in [-0.1, -0.05) is 29.8 Å². The van der Waals surface area contributed by atoms with Gasteiger partial charge in [0.15, 0.2) is 10.2 Å². The van der Waals surface area contributed by atoms with Crippen molar-refractivity contribution >= 4 is 61.5 Å². The van der Waals surface area contributed by atoms with E-state index < -0.39 is 10.0 Å². The van der Waals surface area contributed by atoms with Gasteiger partial charge in [0.1, 0.15) is 0 Å². The van der Waals surface area contributed by atoms with Crippen LogP contribution in [0.4, 0.5) is 10.8 Å². The normalized spacial score (nSPS) is 11.3. The number of thiocarbonyl (C=S) groups is 1. The standard InChI is InChI=1S/C21H20N4O3S3/c1-15-3-5-16(6-4-15)7-12-19(26)23-21(29)25(2)17-8-10-18(11-9-17)31(27,28)24-20-22-13-14-30-20/h3-14H,1-2H3,(H,22,24)(H,23,26,29)/b12-7+. The van der Waals surface area contributed by atoms with Gasteiger partial charge in [-0.05, 0) is 55.0 Å². The van der Waals surface area contributed by atoms with Gasteiger partial charge in [0.25, 0.3) is 10.0 Å². The average Bonchev–Trinajstić information content (AvgIpc) is 3.25. The van der Waals surface area contributed by atoms with Crippen LogP contribution in [0, 0.1) is 6.92 Å². The van der Waals surface area contributed by atoms with Crippen molar-refractivity contribution in [1.82, 2.24) is 10.3 Å². The lowest BCUT2D eigenvalue weighted by molar-refractivity contribution is -0.115. The van der Waals surface area contributed by atoms with E-state index in [2.05, 4.69) is 15.0 Å². The smallest absolute Gasteiger partial charge is 0.263 e. The van der Waals surface area contributed by atoms with Crippen molar-refractivity contribution in [3.05, 3.63) is 77.3 Å². The first-order valence-electron chi connectivity index (χ1n) is 9.10. The number of anilines is 2. The molecule has 0 fully saturated rings. The van der Waals surface area contributed by atoms with Crippen LogP contribution >= 0.6 is 23.6 Å². The number of nitrogens with zero attached hydrogens (tertiary/aromatic N) is 2. The molecular formula is C21H20N4O3S3. The third-order valence-electron chi connectivity index (χ3n) is 4.23. The largest absolute Gasteiger partial charge is 0.322 e. The molecule has 2 N–H and O–H groups in total. The maximum absolute atomic E-state index is 12.4. The van der Waals surface area contributed by atoms with Crippen molar-refractivity contribution in [3.63, 3.8) is 0 Å². The summed E-state index contributed by atoms with van der Waals surface area (Å²) in [5.41, 5.74) is 2.67. The lowest BCUT2D eigenvalue weighted by atomic mass is 10.1. The summed E-state index contributed by atoms with van der Waals surface area (Å²) in [5.74, 6) is -0.357. The predicted molar refractivity (Wildman–Crippen MR) is 129 cm³/mol. The van der Waals surface area contributed by atoms with E-state index in [0.717, 1.165) is 11.1 Å². The third-order valence-corrected chi connectivity index (χ3v) is 6.78. The van der Waals surface area contributed by atoms with Gasteiger partial charge in [-0.25, -0.2) is 13.4 Å².